The van der Waals surface area contributed by atoms with Crippen molar-refractivity contribution >= 4 is 17.2 Å². The third-order valence-electron chi connectivity index (χ3n) is 4.43. The molecule has 128 valence electrons. The molecule has 0 bridgehead atoms. The molecule has 1 fully saturated rings. The Balaban J connectivity index is 1.76. The molecule has 1 amide bonds. The van der Waals surface area contributed by atoms with Crippen molar-refractivity contribution in [2.45, 2.75) is 51.2 Å². The van der Waals surface area contributed by atoms with Gasteiger partial charge in [-0.15, -0.1) is 11.3 Å². The first kappa shape index (κ1) is 17.2. The van der Waals surface area contributed by atoms with Crippen molar-refractivity contribution < 1.29 is 9.53 Å². The largest absolute Gasteiger partial charge is 0.366 e. The highest BCUT2D eigenvalue weighted by atomic mass is 32.1. The van der Waals surface area contributed by atoms with E-state index in [9.17, 15) is 4.79 Å². The molecule has 0 radical (unpaired) electrons. The van der Waals surface area contributed by atoms with Crippen LogP contribution in [0.1, 0.15) is 55.7 Å². The summed E-state index contributed by atoms with van der Waals surface area (Å²) in [6.45, 7) is 7.21. The van der Waals surface area contributed by atoms with Crippen LogP contribution < -0.4 is 5.32 Å². The van der Waals surface area contributed by atoms with Crippen molar-refractivity contribution in [3.8, 4) is 0 Å². The Morgan fingerprint density at radius 3 is 2.54 bits per heavy atom. The molecule has 0 saturated carbocycles. The van der Waals surface area contributed by atoms with E-state index in [4.69, 9.17) is 4.74 Å². The second-order valence-electron chi connectivity index (χ2n) is 7.40. The molecule has 0 spiro atoms. The summed E-state index contributed by atoms with van der Waals surface area (Å²) in [6.07, 6.45) is 1.40. The Labute approximate surface area is 148 Å². The van der Waals surface area contributed by atoms with Gasteiger partial charge in [0.25, 0.3) is 0 Å². The quantitative estimate of drug-likeness (QED) is 0.872. The fraction of sp³-hybridized carbons (Fsp3) is 0.450. The van der Waals surface area contributed by atoms with Crippen LogP contribution in [-0.2, 0) is 14.9 Å². The molecule has 2 atom stereocenters. The smallest absolute Gasteiger partial charge is 0.220 e. The van der Waals surface area contributed by atoms with Crippen molar-refractivity contribution in [3.05, 3.63) is 57.8 Å². The lowest BCUT2D eigenvalue weighted by Gasteiger charge is -2.22. The number of hydrogen-bond acceptors (Lipinski definition) is 3. The number of thiophene rings is 1. The van der Waals surface area contributed by atoms with Gasteiger partial charge < -0.3 is 10.1 Å². The molecule has 1 unspecified atom stereocenters. The minimum atomic E-state index is -0.0727. The second-order valence-corrected chi connectivity index (χ2v) is 8.38. The van der Waals surface area contributed by atoms with Crippen LogP contribution in [0.25, 0.3) is 0 Å². The number of nitrogens with one attached hydrogen (secondary N) is 1. The molecule has 2 heterocycles. The summed E-state index contributed by atoms with van der Waals surface area (Å²) in [6, 6.07) is 13.0. The summed E-state index contributed by atoms with van der Waals surface area (Å²) in [5, 5.41) is 5.05. The number of carbonyl (C=O) groups is 1. The van der Waals surface area contributed by atoms with Crippen molar-refractivity contribution in [2.75, 3.05) is 6.61 Å². The number of amides is 1. The summed E-state index contributed by atoms with van der Waals surface area (Å²) in [5.41, 5.74) is 2.63. The fourth-order valence-corrected chi connectivity index (χ4v) is 3.75. The first-order valence-corrected chi connectivity index (χ1v) is 9.36. The summed E-state index contributed by atoms with van der Waals surface area (Å²) >= 11 is 1.71. The third kappa shape index (κ3) is 4.05. The predicted molar refractivity (Wildman–Crippen MR) is 98.4 cm³/mol. The topological polar surface area (TPSA) is 38.3 Å². The number of rotatable bonds is 5. The van der Waals surface area contributed by atoms with Gasteiger partial charge in [-0.05, 0) is 34.4 Å². The van der Waals surface area contributed by atoms with Gasteiger partial charge >= 0.3 is 0 Å². The summed E-state index contributed by atoms with van der Waals surface area (Å²) < 4.78 is 6.23. The van der Waals surface area contributed by atoms with Crippen molar-refractivity contribution in [3.63, 3.8) is 0 Å². The van der Waals surface area contributed by atoms with Crippen LogP contribution in [0.3, 0.4) is 0 Å². The van der Waals surface area contributed by atoms with Crippen LogP contribution in [0.5, 0.6) is 0 Å². The Kier molecular flexibility index (Phi) is 5.07. The lowest BCUT2D eigenvalue weighted by atomic mass is 9.86. The van der Waals surface area contributed by atoms with Crippen LogP contribution in [-0.4, -0.2) is 18.6 Å². The number of benzene rings is 1. The fourth-order valence-electron chi connectivity index (χ4n) is 2.96. The van der Waals surface area contributed by atoms with E-state index in [1.807, 2.05) is 0 Å². The van der Waals surface area contributed by atoms with Gasteiger partial charge in [0, 0.05) is 11.3 Å². The first-order chi connectivity index (χ1) is 11.4. The lowest BCUT2D eigenvalue weighted by molar-refractivity contribution is -0.119. The molecule has 3 rings (SSSR count). The minimum absolute atomic E-state index is 0.0727. The number of ether oxygens (including phenoxy) is 1. The van der Waals surface area contributed by atoms with Crippen molar-refractivity contribution in [2.24, 2.45) is 0 Å². The van der Waals surface area contributed by atoms with E-state index >= 15 is 0 Å². The van der Waals surface area contributed by atoms with E-state index in [0.29, 0.717) is 13.0 Å². The molecule has 2 aromatic rings. The predicted octanol–water partition coefficient (Wildman–Crippen LogP) is 4.43. The highest BCUT2D eigenvalue weighted by Gasteiger charge is 2.24. The van der Waals surface area contributed by atoms with E-state index in [1.54, 1.807) is 11.3 Å². The maximum atomic E-state index is 11.4. The minimum Gasteiger partial charge on any atom is -0.366 e. The Hall–Kier alpha value is -1.65. The molecular weight excluding hydrogens is 318 g/mol. The molecule has 1 saturated heterocycles. The highest BCUT2D eigenvalue weighted by molar-refractivity contribution is 7.10. The van der Waals surface area contributed by atoms with Crippen molar-refractivity contribution in [1.82, 2.24) is 5.32 Å². The van der Waals surface area contributed by atoms with Gasteiger partial charge in [-0.3, -0.25) is 4.79 Å². The van der Waals surface area contributed by atoms with Crippen LogP contribution in [0, 0.1) is 0 Å². The SMILES string of the molecule is CC(C)(C)c1ccc([C@@H](OCC2CCC(=O)N2)c2cccs2)cc1. The molecular formula is C20H25NO2S. The summed E-state index contributed by atoms with van der Waals surface area (Å²) in [4.78, 5) is 12.6. The average molecular weight is 343 g/mol. The zero-order chi connectivity index (χ0) is 17.2. The first-order valence-electron chi connectivity index (χ1n) is 8.48. The molecule has 0 aliphatic carbocycles. The number of carbonyl (C=O) groups excluding carboxylic acids is 1. The van der Waals surface area contributed by atoms with E-state index in [0.717, 1.165) is 12.0 Å². The Morgan fingerprint density at radius 2 is 2.00 bits per heavy atom. The molecule has 3 nitrogen and oxygen atoms in total. The van der Waals surface area contributed by atoms with Gasteiger partial charge in [-0.2, -0.15) is 0 Å². The van der Waals surface area contributed by atoms with Gasteiger partial charge in [-0.1, -0.05) is 51.1 Å². The van der Waals surface area contributed by atoms with Gasteiger partial charge in [-0.25, -0.2) is 0 Å². The summed E-state index contributed by atoms with van der Waals surface area (Å²) in [5.74, 6) is 0.130. The van der Waals surface area contributed by atoms with E-state index in [2.05, 4.69) is 67.9 Å². The van der Waals surface area contributed by atoms with Gasteiger partial charge in [0.2, 0.25) is 5.91 Å². The van der Waals surface area contributed by atoms with Gasteiger partial charge in [0.15, 0.2) is 0 Å². The van der Waals surface area contributed by atoms with Crippen molar-refractivity contribution in [1.29, 1.82) is 0 Å². The normalized spacial score (nSPS) is 19.3. The van der Waals surface area contributed by atoms with Crippen LogP contribution in [0.2, 0.25) is 0 Å². The zero-order valence-electron chi connectivity index (χ0n) is 14.5. The second kappa shape index (κ2) is 7.08. The Bertz CT molecular complexity index is 671. The summed E-state index contributed by atoms with van der Waals surface area (Å²) in [7, 11) is 0. The molecule has 1 aromatic carbocycles. The number of hydrogen-bond donors (Lipinski definition) is 1. The van der Waals surface area contributed by atoms with Gasteiger partial charge in [0.05, 0.1) is 12.6 Å². The van der Waals surface area contributed by atoms with Crippen LogP contribution in [0.15, 0.2) is 41.8 Å². The zero-order valence-corrected chi connectivity index (χ0v) is 15.4. The molecule has 1 aromatic heterocycles. The van der Waals surface area contributed by atoms with Crippen LogP contribution >= 0.6 is 11.3 Å². The van der Waals surface area contributed by atoms with E-state index in [-0.39, 0.29) is 23.5 Å². The Morgan fingerprint density at radius 1 is 1.25 bits per heavy atom. The van der Waals surface area contributed by atoms with E-state index in [1.165, 1.54) is 10.4 Å². The van der Waals surface area contributed by atoms with Crippen LogP contribution in [0.4, 0.5) is 0 Å². The molecule has 1 N–H and O–H groups in total. The van der Waals surface area contributed by atoms with E-state index < -0.39 is 0 Å². The monoisotopic (exact) mass is 343 g/mol. The maximum absolute atomic E-state index is 11.4. The molecule has 24 heavy (non-hydrogen) atoms. The molecule has 1 aliphatic rings. The maximum Gasteiger partial charge on any atom is 0.220 e. The molecule has 4 heteroatoms. The molecule has 1 aliphatic heterocycles. The standard InChI is InChI=1S/C20H25NO2S/c1-20(2,3)15-8-6-14(7-9-15)19(17-5-4-12-24-17)23-13-16-10-11-18(22)21-16/h4-9,12,16,19H,10-11,13H2,1-3H3,(H,21,22)/t16?,19-/m1/s1. The van der Waals surface area contributed by atoms with Gasteiger partial charge in [0.1, 0.15) is 6.10 Å². The highest BCUT2D eigenvalue weighted by Crippen LogP contribution is 2.32. The third-order valence-corrected chi connectivity index (χ3v) is 5.35. The average Bonchev–Trinajstić information content (AvgIpc) is 3.19. The lowest BCUT2D eigenvalue weighted by Crippen LogP contribution is -2.30.